The Kier molecular flexibility index (Phi) is 12.7. The van der Waals surface area contributed by atoms with Gasteiger partial charge < -0.3 is 40.6 Å². The van der Waals surface area contributed by atoms with E-state index in [-0.39, 0.29) is 17.0 Å². The second kappa shape index (κ2) is 16.7. The van der Waals surface area contributed by atoms with Crippen LogP contribution in [-0.4, -0.2) is 43.3 Å². The monoisotopic (exact) mass is 673 g/mol. The van der Waals surface area contributed by atoms with Gasteiger partial charge in [0.2, 0.25) is 5.88 Å². The predicted octanol–water partition coefficient (Wildman–Crippen LogP) is 5.58. The van der Waals surface area contributed by atoms with Gasteiger partial charge >= 0.3 is 0 Å². The highest BCUT2D eigenvalue weighted by Crippen LogP contribution is 2.36. The zero-order valence-corrected chi connectivity index (χ0v) is 28.9. The largest absolute Gasteiger partial charge is 1.00 e. The minimum absolute atomic E-state index is 0. The lowest BCUT2D eigenvalue weighted by Gasteiger charge is -2.39. The number of ether oxygens (including phenoxy) is 3. The van der Waals surface area contributed by atoms with Crippen molar-refractivity contribution in [3.05, 3.63) is 107 Å². The third kappa shape index (κ3) is 9.47. The van der Waals surface area contributed by atoms with Crippen LogP contribution in [0.3, 0.4) is 0 Å². The average molecular weight is 675 g/mol. The Morgan fingerprint density at radius 1 is 0.822 bits per heavy atom. The van der Waals surface area contributed by atoms with Gasteiger partial charge in [0.25, 0.3) is 0 Å². The van der Waals surface area contributed by atoms with Crippen LogP contribution in [0, 0.1) is 0 Å². The van der Waals surface area contributed by atoms with Crippen molar-refractivity contribution in [1.82, 2.24) is 4.98 Å². The molecule has 45 heavy (non-hydrogen) atoms. The molecule has 1 aromatic heterocycles. The van der Waals surface area contributed by atoms with E-state index in [0.29, 0.717) is 12.5 Å². The Hall–Kier alpha value is -3.55. The second-order valence-corrected chi connectivity index (χ2v) is 12.3. The Morgan fingerprint density at radius 2 is 1.53 bits per heavy atom. The first-order valence-corrected chi connectivity index (χ1v) is 16.2. The number of methoxy groups -OCH3 is 1. The maximum Gasteiger partial charge on any atom is 0.219 e. The fraction of sp³-hybridized carbons (Fsp3) is 0.395. The van der Waals surface area contributed by atoms with Gasteiger partial charge in [-0.2, -0.15) is 0 Å². The number of pyridine rings is 1. The van der Waals surface area contributed by atoms with Crippen LogP contribution in [0.1, 0.15) is 61.8 Å². The van der Waals surface area contributed by atoms with Crippen molar-refractivity contribution >= 4 is 5.69 Å². The van der Waals surface area contributed by atoms with Crippen molar-refractivity contribution in [2.75, 3.05) is 38.7 Å². The van der Waals surface area contributed by atoms with Crippen molar-refractivity contribution in [2.45, 2.75) is 65.6 Å². The van der Waals surface area contributed by atoms with Gasteiger partial charge in [-0.05, 0) is 66.4 Å². The molecule has 0 saturated carbocycles. The smallest absolute Gasteiger partial charge is 0.219 e. The van der Waals surface area contributed by atoms with Gasteiger partial charge in [-0.1, -0.05) is 57.0 Å². The van der Waals surface area contributed by atoms with Crippen molar-refractivity contribution < 1.29 is 35.7 Å². The van der Waals surface area contributed by atoms with Gasteiger partial charge in [0.15, 0.2) is 11.5 Å². The second-order valence-electron chi connectivity index (χ2n) is 12.3. The first-order chi connectivity index (χ1) is 21.5. The predicted molar refractivity (Wildman–Crippen MR) is 179 cm³/mol. The molecule has 6 nitrogen and oxygen atoms in total. The highest BCUT2D eigenvalue weighted by atomic mass is 79.9. The van der Waals surface area contributed by atoms with Crippen LogP contribution in [0.4, 0.5) is 5.69 Å². The quantitative estimate of drug-likeness (QED) is 0.154. The lowest BCUT2D eigenvalue weighted by atomic mass is 9.96. The van der Waals surface area contributed by atoms with E-state index in [0.717, 1.165) is 66.4 Å². The molecule has 7 heteroatoms. The molecule has 0 amide bonds. The van der Waals surface area contributed by atoms with Crippen LogP contribution in [0.5, 0.6) is 23.1 Å². The summed E-state index contributed by atoms with van der Waals surface area (Å²) >= 11 is 0. The van der Waals surface area contributed by atoms with E-state index in [1.807, 2.05) is 30.5 Å². The average Bonchev–Trinajstić information content (AvgIpc) is 3.05. The molecule has 4 aromatic rings. The lowest BCUT2D eigenvalue weighted by Crippen LogP contribution is -3.00. The molecule has 1 unspecified atom stereocenters. The number of fused-ring (bicyclic) bond motifs is 1. The molecule has 0 saturated heterocycles. The summed E-state index contributed by atoms with van der Waals surface area (Å²) < 4.78 is 18.9. The minimum atomic E-state index is 0. The molecule has 240 valence electrons. The highest BCUT2D eigenvalue weighted by molar-refractivity contribution is 5.50. The standard InChI is InChI=1S/C38H48N3O3.BrH/c1-5-7-21-40(22-8-6-2)34-15-17-35(18-16-34)44-38-19-14-31(26-39-38)27-41(3)23-20-32-24-36(42-4)37(25-33(32)28-41)43-29-30-12-10-9-11-13-30;/h9-19,24-26H,5-8,20-23,27-29H2,1-4H3;1H/q+1;/p-1. The van der Waals surface area contributed by atoms with Gasteiger partial charge in [0, 0.05) is 48.6 Å². The molecule has 0 spiro atoms. The van der Waals surface area contributed by atoms with Crippen LogP contribution in [-0.2, 0) is 26.1 Å². The van der Waals surface area contributed by atoms with Crippen LogP contribution in [0.2, 0.25) is 0 Å². The molecule has 0 fully saturated rings. The first kappa shape index (κ1) is 34.3. The topological polar surface area (TPSA) is 43.8 Å². The van der Waals surface area contributed by atoms with Crippen LogP contribution in [0.25, 0.3) is 0 Å². The van der Waals surface area contributed by atoms with E-state index in [1.54, 1.807) is 7.11 Å². The number of anilines is 1. The van der Waals surface area contributed by atoms with E-state index >= 15 is 0 Å². The van der Waals surface area contributed by atoms with Crippen LogP contribution >= 0.6 is 0 Å². The summed E-state index contributed by atoms with van der Waals surface area (Å²) in [5, 5.41) is 0. The SMILES string of the molecule is CCCCN(CCCC)c1ccc(Oc2ccc(C[N+]3(C)CCc4cc(OC)c(OCc5ccccc5)cc4C3)cn2)cc1.[Br-]. The zero-order chi connectivity index (χ0) is 30.8. The number of halogens is 1. The molecule has 3 aromatic carbocycles. The van der Waals surface area contributed by atoms with Crippen LogP contribution < -0.4 is 36.1 Å². The van der Waals surface area contributed by atoms with Crippen LogP contribution in [0.15, 0.2) is 85.1 Å². The maximum atomic E-state index is 6.22. The number of unbranched alkanes of at least 4 members (excludes halogenated alkanes) is 2. The maximum absolute atomic E-state index is 6.22. The molecule has 1 aliphatic rings. The van der Waals surface area contributed by atoms with Crippen molar-refractivity contribution in [2.24, 2.45) is 0 Å². The first-order valence-electron chi connectivity index (χ1n) is 16.2. The number of hydrogen-bond acceptors (Lipinski definition) is 5. The molecular weight excluding hydrogens is 626 g/mol. The van der Waals surface area contributed by atoms with E-state index in [4.69, 9.17) is 14.2 Å². The molecular formula is C38H48BrN3O3. The summed E-state index contributed by atoms with van der Waals surface area (Å²) in [6.45, 7) is 10.1. The van der Waals surface area contributed by atoms with Crippen molar-refractivity contribution in [3.8, 4) is 23.1 Å². The molecule has 0 N–H and O–H groups in total. The van der Waals surface area contributed by atoms with Gasteiger partial charge in [-0.25, -0.2) is 4.98 Å². The Morgan fingerprint density at radius 3 is 2.18 bits per heavy atom. The minimum Gasteiger partial charge on any atom is -1.00 e. The van der Waals surface area contributed by atoms with E-state index in [1.165, 1.54) is 48.1 Å². The number of likely N-dealkylation sites (N-methyl/N-ethyl adjacent to an activating group) is 1. The highest BCUT2D eigenvalue weighted by Gasteiger charge is 2.30. The Bertz CT molecular complexity index is 1460. The third-order valence-electron chi connectivity index (χ3n) is 8.55. The number of quaternary nitrogens is 1. The van der Waals surface area contributed by atoms with Gasteiger partial charge in [0.05, 0.1) is 20.7 Å². The molecule has 5 rings (SSSR count). The summed E-state index contributed by atoms with van der Waals surface area (Å²) in [5.74, 6) is 3.03. The molecule has 1 aliphatic heterocycles. The number of aromatic nitrogens is 1. The van der Waals surface area contributed by atoms with Crippen molar-refractivity contribution in [3.63, 3.8) is 0 Å². The molecule has 0 bridgehead atoms. The van der Waals surface area contributed by atoms with E-state index in [9.17, 15) is 0 Å². The third-order valence-corrected chi connectivity index (χ3v) is 8.55. The van der Waals surface area contributed by atoms with Gasteiger partial charge in [-0.3, -0.25) is 0 Å². The summed E-state index contributed by atoms with van der Waals surface area (Å²) in [4.78, 5) is 7.15. The number of rotatable bonds is 15. The van der Waals surface area contributed by atoms with E-state index < -0.39 is 0 Å². The fourth-order valence-corrected chi connectivity index (χ4v) is 5.97. The molecule has 0 aliphatic carbocycles. The van der Waals surface area contributed by atoms with Crippen molar-refractivity contribution in [1.29, 1.82) is 0 Å². The number of nitrogens with zero attached hydrogens (tertiary/aromatic N) is 3. The molecule has 0 radical (unpaired) electrons. The van der Waals surface area contributed by atoms with Gasteiger partial charge in [0.1, 0.15) is 25.4 Å². The zero-order valence-electron chi connectivity index (χ0n) is 27.3. The fourth-order valence-electron chi connectivity index (χ4n) is 5.97. The molecule has 2 heterocycles. The number of benzene rings is 3. The summed E-state index contributed by atoms with van der Waals surface area (Å²) in [7, 11) is 4.04. The van der Waals surface area contributed by atoms with E-state index in [2.05, 4.69) is 85.4 Å². The Labute approximate surface area is 280 Å². The summed E-state index contributed by atoms with van der Waals surface area (Å²) in [6.07, 6.45) is 7.79. The summed E-state index contributed by atoms with van der Waals surface area (Å²) in [6, 6.07) is 27.2. The normalized spacial score (nSPS) is 15.5. The lowest BCUT2D eigenvalue weighted by molar-refractivity contribution is -0.937. The molecule has 1 atom stereocenters. The Balaban J connectivity index is 0.00000461. The van der Waals surface area contributed by atoms with Gasteiger partial charge in [-0.15, -0.1) is 0 Å². The summed E-state index contributed by atoms with van der Waals surface area (Å²) in [5.41, 5.74) is 6.27. The number of hydrogen-bond donors (Lipinski definition) is 0.